The lowest BCUT2D eigenvalue weighted by Crippen LogP contribution is -2.11. The second-order valence-electron chi connectivity index (χ2n) is 3.36. The number of alkyl halides is 3. The van der Waals surface area contributed by atoms with Crippen molar-refractivity contribution in [2.24, 2.45) is 0 Å². The summed E-state index contributed by atoms with van der Waals surface area (Å²) in [6.45, 7) is 0. The Morgan fingerprint density at radius 2 is 1.72 bits per heavy atom. The van der Waals surface area contributed by atoms with E-state index in [1.165, 1.54) is 0 Å². The Bertz CT molecular complexity index is 543. The lowest BCUT2D eigenvalue weighted by molar-refractivity contribution is -0.141. The van der Waals surface area contributed by atoms with Gasteiger partial charge in [-0.2, -0.15) is 13.2 Å². The van der Waals surface area contributed by atoms with E-state index in [1.807, 2.05) is 6.07 Å². The van der Waals surface area contributed by atoms with E-state index in [4.69, 9.17) is 5.73 Å². The molecule has 94 valence electrons. The van der Waals surface area contributed by atoms with Crippen LogP contribution in [0.2, 0.25) is 0 Å². The van der Waals surface area contributed by atoms with Gasteiger partial charge in [-0.1, -0.05) is 30.0 Å². The molecule has 3 nitrogen and oxygen atoms in total. The van der Waals surface area contributed by atoms with Gasteiger partial charge in [-0.3, -0.25) is 0 Å². The predicted octanol–water partition coefficient (Wildman–Crippen LogP) is 3.23. The van der Waals surface area contributed by atoms with E-state index in [-0.39, 0.29) is 11.0 Å². The Hall–Kier alpha value is -1.76. The summed E-state index contributed by atoms with van der Waals surface area (Å²) >= 11 is 1.10. The normalized spacial score (nSPS) is 11.5. The van der Waals surface area contributed by atoms with Gasteiger partial charge in [-0.15, -0.1) is 0 Å². The van der Waals surface area contributed by atoms with Gasteiger partial charge in [0, 0.05) is 11.0 Å². The maximum absolute atomic E-state index is 12.5. The van der Waals surface area contributed by atoms with Crippen LogP contribution in [0.1, 0.15) is 5.69 Å². The van der Waals surface area contributed by atoms with Crippen molar-refractivity contribution in [1.82, 2.24) is 9.97 Å². The lowest BCUT2D eigenvalue weighted by Gasteiger charge is -2.08. The van der Waals surface area contributed by atoms with Crippen molar-refractivity contribution in [2.75, 3.05) is 5.73 Å². The van der Waals surface area contributed by atoms with Gasteiger partial charge >= 0.3 is 6.18 Å². The molecule has 1 aromatic heterocycles. The number of rotatable bonds is 2. The van der Waals surface area contributed by atoms with Crippen LogP contribution in [0.5, 0.6) is 0 Å². The standard InChI is InChI=1S/C11H8F3N3S/c12-11(13,14)8-6-9(17-10(15)16-8)18-7-4-2-1-3-5-7/h1-6H,(H2,15,16,17). The fourth-order valence-corrected chi connectivity index (χ4v) is 2.09. The van der Waals surface area contributed by atoms with Crippen LogP contribution < -0.4 is 5.73 Å². The maximum Gasteiger partial charge on any atom is 0.433 e. The Morgan fingerprint density at radius 1 is 1.06 bits per heavy atom. The number of hydrogen-bond acceptors (Lipinski definition) is 4. The van der Waals surface area contributed by atoms with Crippen molar-refractivity contribution in [3.8, 4) is 0 Å². The van der Waals surface area contributed by atoms with Gasteiger partial charge in [-0.05, 0) is 12.1 Å². The maximum atomic E-state index is 12.5. The molecule has 1 heterocycles. The highest BCUT2D eigenvalue weighted by atomic mass is 32.2. The Balaban J connectivity index is 2.32. The number of nitrogens with zero attached hydrogens (tertiary/aromatic N) is 2. The van der Waals surface area contributed by atoms with Gasteiger partial charge in [0.25, 0.3) is 0 Å². The molecule has 18 heavy (non-hydrogen) atoms. The molecule has 0 aliphatic rings. The predicted molar refractivity (Wildman–Crippen MR) is 62.0 cm³/mol. The third-order valence-electron chi connectivity index (χ3n) is 1.98. The minimum Gasteiger partial charge on any atom is -0.368 e. The minimum absolute atomic E-state index is 0.168. The van der Waals surface area contributed by atoms with Gasteiger partial charge in [0.15, 0.2) is 5.69 Å². The average molecular weight is 271 g/mol. The summed E-state index contributed by atoms with van der Waals surface area (Å²) in [5.41, 5.74) is 4.24. The van der Waals surface area contributed by atoms with Gasteiger partial charge in [-0.25, -0.2) is 9.97 Å². The molecular formula is C11H8F3N3S. The molecule has 0 aliphatic heterocycles. The SMILES string of the molecule is Nc1nc(Sc2ccccc2)cc(C(F)(F)F)n1. The molecule has 0 fully saturated rings. The first-order valence-corrected chi connectivity index (χ1v) is 5.71. The quantitative estimate of drug-likeness (QED) is 0.852. The number of halogens is 3. The molecule has 0 bridgehead atoms. The molecule has 2 rings (SSSR count). The van der Waals surface area contributed by atoms with E-state index in [0.29, 0.717) is 0 Å². The van der Waals surface area contributed by atoms with Crippen LogP contribution in [-0.2, 0) is 6.18 Å². The smallest absolute Gasteiger partial charge is 0.368 e. The van der Waals surface area contributed by atoms with Crippen LogP contribution >= 0.6 is 11.8 Å². The zero-order valence-corrected chi connectivity index (χ0v) is 9.79. The Morgan fingerprint density at radius 3 is 2.33 bits per heavy atom. The molecular weight excluding hydrogens is 263 g/mol. The van der Waals surface area contributed by atoms with Crippen molar-refractivity contribution in [3.63, 3.8) is 0 Å². The molecule has 7 heteroatoms. The first-order valence-electron chi connectivity index (χ1n) is 4.90. The topological polar surface area (TPSA) is 51.8 Å². The zero-order valence-electron chi connectivity index (χ0n) is 8.98. The summed E-state index contributed by atoms with van der Waals surface area (Å²) in [6.07, 6.45) is -4.52. The molecule has 0 atom stereocenters. The Kier molecular flexibility index (Phi) is 3.42. The number of nitrogens with two attached hydrogens (primary N) is 1. The number of benzene rings is 1. The first kappa shape index (κ1) is 12.7. The monoisotopic (exact) mass is 271 g/mol. The molecule has 1 aromatic carbocycles. The molecule has 2 N–H and O–H groups in total. The van der Waals surface area contributed by atoms with E-state index in [0.717, 1.165) is 22.7 Å². The van der Waals surface area contributed by atoms with Gasteiger partial charge in [0.05, 0.1) is 0 Å². The van der Waals surface area contributed by atoms with Crippen LogP contribution in [0.25, 0.3) is 0 Å². The largest absolute Gasteiger partial charge is 0.433 e. The summed E-state index contributed by atoms with van der Waals surface area (Å²) in [5, 5.41) is 0.168. The highest BCUT2D eigenvalue weighted by Gasteiger charge is 2.33. The lowest BCUT2D eigenvalue weighted by atomic mass is 10.4. The summed E-state index contributed by atoms with van der Waals surface area (Å²) in [6, 6.07) is 9.83. The van der Waals surface area contributed by atoms with E-state index >= 15 is 0 Å². The summed E-state index contributed by atoms with van der Waals surface area (Å²) in [7, 11) is 0. The number of aromatic nitrogens is 2. The Labute approximate surface area is 105 Å². The molecule has 0 radical (unpaired) electrons. The van der Waals surface area contributed by atoms with Crippen LogP contribution in [0, 0.1) is 0 Å². The van der Waals surface area contributed by atoms with E-state index in [9.17, 15) is 13.2 Å². The minimum atomic E-state index is -4.52. The van der Waals surface area contributed by atoms with Crippen LogP contribution in [0.3, 0.4) is 0 Å². The highest BCUT2D eigenvalue weighted by Crippen LogP contribution is 2.32. The fourth-order valence-electron chi connectivity index (χ4n) is 1.25. The second-order valence-corrected chi connectivity index (χ2v) is 4.46. The molecule has 0 saturated carbocycles. The highest BCUT2D eigenvalue weighted by molar-refractivity contribution is 7.99. The van der Waals surface area contributed by atoms with Crippen molar-refractivity contribution in [3.05, 3.63) is 42.1 Å². The summed E-state index contributed by atoms with van der Waals surface area (Å²) in [5.74, 6) is -0.386. The zero-order chi connectivity index (χ0) is 13.2. The van der Waals surface area contributed by atoms with Gasteiger partial charge in [0.2, 0.25) is 5.95 Å². The van der Waals surface area contributed by atoms with Gasteiger partial charge in [0.1, 0.15) is 5.03 Å². The summed E-state index contributed by atoms with van der Waals surface area (Å²) in [4.78, 5) is 7.73. The molecule has 0 aliphatic carbocycles. The molecule has 0 spiro atoms. The second kappa shape index (κ2) is 4.85. The van der Waals surface area contributed by atoms with Crippen molar-refractivity contribution in [1.29, 1.82) is 0 Å². The van der Waals surface area contributed by atoms with E-state index < -0.39 is 11.9 Å². The number of anilines is 1. The number of hydrogen-bond donors (Lipinski definition) is 1. The van der Waals surface area contributed by atoms with Crippen molar-refractivity contribution < 1.29 is 13.2 Å². The molecule has 2 aromatic rings. The molecule has 0 saturated heterocycles. The van der Waals surface area contributed by atoms with E-state index in [1.54, 1.807) is 24.3 Å². The van der Waals surface area contributed by atoms with Gasteiger partial charge < -0.3 is 5.73 Å². The third-order valence-corrected chi connectivity index (χ3v) is 2.90. The summed E-state index contributed by atoms with van der Waals surface area (Å²) < 4.78 is 37.6. The van der Waals surface area contributed by atoms with Crippen LogP contribution in [0.15, 0.2) is 46.3 Å². The molecule has 0 amide bonds. The van der Waals surface area contributed by atoms with Crippen molar-refractivity contribution >= 4 is 17.7 Å². The fraction of sp³-hybridized carbons (Fsp3) is 0.0909. The van der Waals surface area contributed by atoms with Crippen LogP contribution in [-0.4, -0.2) is 9.97 Å². The van der Waals surface area contributed by atoms with E-state index in [2.05, 4.69) is 9.97 Å². The first-order chi connectivity index (χ1) is 8.45. The molecule has 0 unspecified atom stereocenters. The number of nitrogen functional groups attached to an aromatic ring is 1. The average Bonchev–Trinajstić information content (AvgIpc) is 2.28. The van der Waals surface area contributed by atoms with Crippen LogP contribution in [0.4, 0.5) is 19.1 Å². The third kappa shape index (κ3) is 3.13. The van der Waals surface area contributed by atoms with Crippen molar-refractivity contribution in [2.45, 2.75) is 16.1 Å².